The summed E-state index contributed by atoms with van der Waals surface area (Å²) < 4.78 is 2.66. The third-order valence-electron chi connectivity index (χ3n) is 3.48. The van der Waals surface area contributed by atoms with Crippen LogP contribution in [0.2, 0.25) is 0 Å². The molecule has 4 heteroatoms. The zero-order valence-electron chi connectivity index (χ0n) is 11.3. The van der Waals surface area contributed by atoms with Gasteiger partial charge in [-0.2, -0.15) is 4.73 Å². The number of aryl methyl sites for hydroxylation is 1. The van der Waals surface area contributed by atoms with Crippen molar-refractivity contribution in [3.8, 4) is 0 Å². The van der Waals surface area contributed by atoms with E-state index in [0.29, 0.717) is 12.0 Å². The second-order valence-corrected chi connectivity index (χ2v) is 6.79. The minimum Gasteiger partial charge on any atom is -0.408 e. The summed E-state index contributed by atoms with van der Waals surface area (Å²) in [4.78, 5) is 6.12. The topological polar surface area (TPSA) is 14.2 Å². The molecule has 1 saturated carbocycles. The monoisotopic (exact) mass is 283 g/mol. The first-order chi connectivity index (χ1) is 8.58. The number of rotatable bonds is 4. The van der Waals surface area contributed by atoms with E-state index in [1.54, 1.807) is 11.3 Å². The molecule has 0 aliphatic heterocycles. The SMILES string of the molecule is CC(C)=CC[C@H]1CCC[C@H]1On1c(C)csc1=S. The second kappa shape index (κ2) is 6.02. The van der Waals surface area contributed by atoms with Crippen LogP contribution in [0.25, 0.3) is 0 Å². The van der Waals surface area contributed by atoms with Crippen molar-refractivity contribution in [2.45, 2.75) is 52.6 Å². The van der Waals surface area contributed by atoms with Crippen LogP contribution in [0.4, 0.5) is 0 Å². The molecule has 2 nitrogen and oxygen atoms in total. The number of nitrogens with zero attached hydrogens (tertiary/aromatic N) is 1. The molecule has 0 radical (unpaired) electrons. The molecule has 0 spiro atoms. The molecule has 2 rings (SSSR count). The first-order valence-electron chi connectivity index (χ1n) is 6.55. The molecule has 1 aliphatic rings. The lowest BCUT2D eigenvalue weighted by molar-refractivity contribution is 0.0110. The maximum Gasteiger partial charge on any atom is 0.196 e. The van der Waals surface area contributed by atoms with E-state index in [1.165, 1.54) is 18.4 Å². The number of thiazole rings is 1. The van der Waals surface area contributed by atoms with Gasteiger partial charge in [-0.1, -0.05) is 11.6 Å². The van der Waals surface area contributed by atoms with Gasteiger partial charge < -0.3 is 4.84 Å². The van der Waals surface area contributed by atoms with Gasteiger partial charge in [0.1, 0.15) is 6.10 Å². The zero-order chi connectivity index (χ0) is 13.1. The van der Waals surface area contributed by atoms with E-state index < -0.39 is 0 Å². The summed E-state index contributed by atoms with van der Waals surface area (Å²) in [5, 5.41) is 2.06. The van der Waals surface area contributed by atoms with Crippen LogP contribution < -0.4 is 4.84 Å². The molecule has 100 valence electrons. The third kappa shape index (κ3) is 3.23. The van der Waals surface area contributed by atoms with E-state index in [2.05, 4.69) is 25.3 Å². The summed E-state index contributed by atoms with van der Waals surface area (Å²) in [5.74, 6) is 0.640. The lowest BCUT2D eigenvalue weighted by Gasteiger charge is -2.21. The van der Waals surface area contributed by atoms with Gasteiger partial charge in [0.2, 0.25) is 0 Å². The van der Waals surface area contributed by atoms with Gasteiger partial charge in [0.15, 0.2) is 3.95 Å². The van der Waals surface area contributed by atoms with Crippen LogP contribution in [0.1, 0.15) is 45.2 Å². The molecule has 1 fully saturated rings. The number of aromatic nitrogens is 1. The average molecular weight is 283 g/mol. The average Bonchev–Trinajstić information content (AvgIpc) is 2.88. The molecular weight excluding hydrogens is 262 g/mol. The maximum absolute atomic E-state index is 6.12. The Morgan fingerprint density at radius 1 is 1.56 bits per heavy atom. The molecule has 0 saturated heterocycles. The Hall–Kier alpha value is -0.610. The Balaban J connectivity index is 2.04. The van der Waals surface area contributed by atoms with Crippen LogP contribution in [0.5, 0.6) is 0 Å². The summed E-state index contributed by atoms with van der Waals surface area (Å²) in [5.41, 5.74) is 2.50. The fourth-order valence-corrected chi connectivity index (χ4v) is 3.42. The van der Waals surface area contributed by atoms with Crippen LogP contribution in [0.15, 0.2) is 17.0 Å². The van der Waals surface area contributed by atoms with Crippen molar-refractivity contribution >= 4 is 23.6 Å². The highest BCUT2D eigenvalue weighted by Gasteiger charge is 2.29. The Bertz CT molecular complexity index is 482. The Morgan fingerprint density at radius 2 is 2.33 bits per heavy atom. The van der Waals surface area contributed by atoms with Gasteiger partial charge in [0.05, 0.1) is 5.69 Å². The van der Waals surface area contributed by atoms with Crippen molar-refractivity contribution in [2.24, 2.45) is 5.92 Å². The van der Waals surface area contributed by atoms with E-state index in [-0.39, 0.29) is 0 Å². The lowest BCUT2D eigenvalue weighted by atomic mass is 10.0. The molecule has 0 bridgehead atoms. The highest BCUT2D eigenvalue weighted by molar-refractivity contribution is 7.73. The van der Waals surface area contributed by atoms with E-state index in [0.717, 1.165) is 22.5 Å². The van der Waals surface area contributed by atoms with Crippen LogP contribution in [0.3, 0.4) is 0 Å². The fourth-order valence-electron chi connectivity index (χ4n) is 2.44. The molecule has 2 atom stereocenters. The van der Waals surface area contributed by atoms with E-state index in [9.17, 15) is 0 Å². The van der Waals surface area contributed by atoms with Gasteiger partial charge in [-0.15, -0.1) is 11.3 Å². The summed E-state index contributed by atoms with van der Waals surface area (Å²) in [6, 6.07) is 0. The van der Waals surface area contributed by atoms with Gasteiger partial charge in [0.25, 0.3) is 0 Å². The van der Waals surface area contributed by atoms with Gasteiger partial charge in [-0.3, -0.25) is 0 Å². The quantitative estimate of drug-likeness (QED) is 0.595. The highest BCUT2D eigenvalue weighted by Crippen LogP contribution is 2.30. The molecule has 0 N–H and O–H groups in total. The zero-order valence-corrected chi connectivity index (χ0v) is 12.9. The molecule has 0 unspecified atom stereocenters. The molecule has 1 aromatic heterocycles. The molecule has 18 heavy (non-hydrogen) atoms. The van der Waals surface area contributed by atoms with E-state index in [4.69, 9.17) is 17.1 Å². The van der Waals surface area contributed by atoms with Crippen LogP contribution >= 0.6 is 23.6 Å². The Kier molecular flexibility index (Phi) is 4.62. The van der Waals surface area contributed by atoms with Crippen molar-refractivity contribution in [3.05, 3.63) is 26.7 Å². The Morgan fingerprint density at radius 3 is 2.94 bits per heavy atom. The molecule has 1 aliphatic carbocycles. The highest BCUT2D eigenvalue weighted by atomic mass is 32.1. The van der Waals surface area contributed by atoms with Crippen molar-refractivity contribution < 1.29 is 4.84 Å². The van der Waals surface area contributed by atoms with Gasteiger partial charge in [-0.25, -0.2) is 0 Å². The molecule has 1 aromatic rings. The van der Waals surface area contributed by atoms with Gasteiger partial charge in [-0.05, 0) is 58.7 Å². The largest absolute Gasteiger partial charge is 0.408 e. The maximum atomic E-state index is 6.12. The van der Waals surface area contributed by atoms with Crippen LogP contribution in [-0.2, 0) is 0 Å². The summed E-state index contributed by atoms with van der Waals surface area (Å²) >= 11 is 6.87. The minimum absolute atomic E-state index is 0.320. The normalized spacial score (nSPS) is 23.1. The Labute approximate surface area is 118 Å². The summed E-state index contributed by atoms with van der Waals surface area (Å²) in [7, 11) is 0. The number of allylic oxidation sites excluding steroid dienone is 2. The molecule has 0 aromatic carbocycles. The second-order valence-electron chi connectivity index (χ2n) is 5.29. The van der Waals surface area contributed by atoms with Crippen molar-refractivity contribution in [3.63, 3.8) is 0 Å². The van der Waals surface area contributed by atoms with Gasteiger partial charge >= 0.3 is 0 Å². The summed E-state index contributed by atoms with van der Waals surface area (Å²) in [6.45, 7) is 6.36. The molecular formula is C14H21NOS2. The van der Waals surface area contributed by atoms with Gasteiger partial charge in [0, 0.05) is 11.3 Å². The lowest BCUT2D eigenvalue weighted by Crippen LogP contribution is -2.29. The van der Waals surface area contributed by atoms with Crippen molar-refractivity contribution in [1.82, 2.24) is 4.73 Å². The minimum atomic E-state index is 0.320. The van der Waals surface area contributed by atoms with Crippen LogP contribution in [-0.4, -0.2) is 10.8 Å². The number of hydrogen-bond acceptors (Lipinski definition) is 3. The first-order valence-corrected chi connectivity index (χ1v) is 7.84. The smallest absolute Gasteiger partial charge is 0.196 e. The van der Waals surface area contributed by atoms with Crippen molar-refractivity contribution in [2.75, 3.05) is 0 Å². The molecule has 0 amide bonds. The standard InChI is InChI=1S/C14H21NOS2/c1-10(2)7-8-12-5-4-6-13(12)16-15-11(3)9-18-14(15)17/h7,9,12-13H,4-6,8H2,1-3H3/t12-,13-/m1/s1. The first kappa shape index (κ1) is 13.8. The number of hydrogen-bond donors (Lipinski definition) is 0. The predicted molar refractivity (Wildman–Crippen MR) is 79.6 cm³/mol. The fraction of sp³-hybridized carbons (Fsp3) is 0.643. The summed E-state index contributed by atoms with van der Waals surface area (Å²) in [6.07, 6.45) is 7.46. The predicted octanol–water partition coefficient (Wildman–Crippen LogP) is 4.54. The van der Waals surface area contributed by atoms with Crippen molar-refractivity contribution in [1.29, 1.82) is 0 Å². The molecule has 1 heterocycles. The van der Waals surface area contributed by atoms with E-state index >= 15 is 0 Å². The van der Waals surface area contributed by atoms with Crippen LogP contribution in [0, 0.1) is 16.8 Å². The van der Waals surface area contributed by atoms with E-state index in [1.807, 2.05) is 11.7 Å². The third-order valence-corrected chi connectivity index (χ3v) is 4.76.